The summed E-state index contributed by atoms with van der Waals surface area (Å²) in [5, 5.41) is 5.96. The van der Waals surface area contributed by atoms with Gasteiger partial charge in [-0.2, -0.15) is 0 Å². The molecule has 1 rings (SSSR count). The lowest BCUT2D eigenvalue weighted by Gasteiger charge is -2.10. The van der Waals surface area contributed by atoms with E-state index in [4.69, 9.17) is 0 Å². The molecule has 0 radical (unpaired) electrons. The van der Waals surface area contributed by atoms with Gasteiger partial charge in [-0.05, 0) is 39.2 Å². The Kier molecular flexibility index (Phi) is 6.60. The minimum atomic E-state index is -0.181. The van der Waals surface area contributed by atoms with Gasteiger partial charge in [0.1, 0.15) is 5.69 Å². The smallest absolute Gasteiger partial charge is 0.270 e. The molecule has 1 aromatic heterocycles. The zero-order chi connectivity index (χ0) is 14.1. The fraction of sp³-hybridized carbons (Fsp3) is 0.429. The Morgan fingerprint density at radius 3 is 2.84 bits per heavy atom. The molecule has 0 bridgehead atoms. The lowest BCUT2D eigenvalue weighted by Crippen LogP contribution is -2.24. The van der Waals surface area contributed by atoms with E-state index in [2.05, 4.69) is 41.2 Å². The van der Waals surface area contributed by atoms with Crippen LogP contribution in [0, 0.1) is 0 Å². The molecule has 2 N–H and O–H groups in total. The van der Waals surface area contributed by atoms with E-state index in [1.165, 1.54) is 0 Å². The Balaban J connectivity index is 2.38. The highest BCUT2D eigenvalue weighted by Gasteiger charge is 2.05. The summed E-state index contributed by atoms with van der Waals surface area (Å²) in [6.45, 7) is 5.93. The van der Waals surface area contributed by atoms with Gasteiger partial charge in [0.2, 0.25) is 0 Å². The summed E-state index contributed by atoms with van der Waals surface area (Å²) in [6, 6.07) is 3.58. The average Bonchev–Trinajstić information content (AvgIpc) is 2.41. The van der Waals surface area contributed by atoms with Crippen molar-refractivity contribution in [2.45, 2.75) is 6.42 Å². The van der Waals surface area contributed by atoms with Gasteiger partial charge >= 0.3 is 0 Å². The summed E-state index contributed by atoms with van der Waals surface area (Å²) >= 11 is 0. The first-order valence-corrected chi connectivity index (χ1v) is 6.37. The van der Waals surface area contributed by atoms with Gasteiger partial charge in [0.25, 0.3) is 5.91 Å². The predicted octanol–water partition coefficient (Wildman–Crippen LogP) is 1.36. The van der Waals surface area contributed by atoms with E-state index in [-0.39, 0.29) is 5.91 Å². The van der Waals surface area contributed by atoms with Crippen LogP contribution >= 0.6 is 0 Å². The lowest BCUT2D eigenvalue weighted by molar-refractivity contribution is 0.0953. The SMILES string of the molecule is C=CCNC(=O)c1ccc(NCCCN(C)C)cn1. The minimum absolute atomic E-state index is 0.181. The lowest BCUT2D eigenvalue weighted by atomic mass is 10.3. The fourth-order valence-electron chi connectivity index (χ4n) is 1.52. The third kappa shape index (κ3) is 6.01. The van der Waals surface area contributed by atoms with Gasteiger partial charge in [-0.15, -0.1) is 6.58 Å². The molecule has 5 nitrogen and oxygen atoms in total. The number of hydrogen-bond donors (Lipinski definition) is 2. The van der Waals surface area contributed by atoms with Crippen LogP contribution in [0.3, 0.4) is 0 Å². The van der Waals surface area contributed by atoms with Gasteiger partial charge in [-0.3, -0.25) is 4.79 Å². The number of anilines is 1. The van der Waals surface area contributed by atoms with Gasteiger partial charge in [0, 0.05) is 13.1 Å². The molecule has 0 aliphatic heterocycles. The van der Waals surface area contributed by atoms with E-state index >= 15 is 0 Å². The van der Waals surface area contributed by atoms with Crippen LogP contribution in [-0.4, -0.2) is 49.5 Å². The molecule has 19 heavy (non-hydrogen) atoms. The normalized spacial score (nSPS) is 10.3. The molecule has 0 atom stereocenters. The highest BCUT2D eigenvalue weighted by atomic mass is 16.1. The number of nitrogens with one attached hydrogen (secondary N) is 2. The van der Waals surface area contributed by atoms with Gasteiger partial charge in [0.15, 0.2) is 0 Å². The van der Waals surface area contributed by atoms with Crippen molar-refractivity contribution in [3.63, 3.8) is 0 Å². The van der Waals surface area contributed by atoms with Crippen LogP contribution in [0.25, 0.3) is 0 Å². The molecule has 5 heteroatoms. The Morgan fingerprint density at radius 1 is 1.47 bits per heavy atom. The van der Waals surface area contributed by atoms with Crippen LogP contribution in [0.4, 0.5) is 5.69 Å². The first-order chi connectivity index (χ1) is 9.13. The van der Waals surface area contributed by atoms with E-state index in [0.29, 0.717) is 12.2 Å². The average molecular weight is 262 g/mol. The predicted molar refractivity (Wildman–Crippen MR) is 78.4 cm³/mol. The summed E-state index contributed by atoms with van der Waals surface area (Å²) in [7, 11) is 4.11. The zero-order valence-corrected chi connectivity index (χ0v) is 11.6. The molecule has 104 valence electrons. The molecule has 1 aromatic rings. The summed E-state index contributed by atoms with van der Waals surface area (Å²) in [5.74, 6) is -0.181. The quantitative estimate of drug-likeness (QED) is 0.548. The van der Waals surface area contributed by atoms with Crippen molar-refractivity contribution < 1.29 is 4.79 Å². The number of aromatic nitrogens is 1. The van der Waals surface area contributed by atoms with Crippen molar-refractivity contribution in [3.05, 3.63) is 36.7 Å². The molecule has 0 spiro atoms. The number of pyridine rings is 1. The Hall–Kier alpha value is -1.88. The van der Waals surface area contributed by atoms with Crippen molar-refractivity contribution >= 4 is 11.6 Å². The van der Waals surface area contributed by atoms with E-state index < -0.39 is 0 Å². The molecule has 0 saturated carbocycles. The molecule has 0 aliphatic carbocycles. The van der Waals surface area contributed by atoms with Gasteiger partial charge in [0.05, 0.1) is 11.9 Å². The van der Waals surface area contributed by atoms with Crippen molar-refractivity contribution in [3.8, 4) is 0 Å². The van der Waals surface area contributed by atoms with E-state index in [9.17, 15) is 4.79 Å². The summed E-state index contributed by atoms with van der Waals surface area (Å²) in [5.41, 5.74) is 1.35. The molecule has 1 heterocycles. The zero-order valence-electron chi connectivity index (χ0n) is 11.6. The molecule has 0 saturated heterocycles. The molecule has 0 unspecified atom stereocenters. The summed E-state index contributed by atoms with van der Waals surface area (Å²) in [6.07, 6.45) is 4.38. The maximum absolute atomic E-state index is 11.6. The number of rotatable bonds is 8. The second-order valence-electron chi connectivity index (χ2n) is 4.51. The molecule has 0 aromatic carbocycles. The largest absolute Gasteiger partial charge is 0.384 e. The highest BCUT2D eigenvalue weighted by Crippen LogP contribution is 2.06. The molecule has 0 fully saturated rings. The minimum Gasteiger partial charge on any atom is -0.384 e. The first kappa shape index (κ1) is 15.2. The summed E-state index contributed by atoms with van der Waals surface area (Å²) < 4.78 is 0. The van der Waals surface area contributed by atoms with Crippen LogP contribution in [0.5, 0.6) is 0 Å². The maximum Gasteiger partial charge on any atom is 0.270 e. The number of carbonyl (C=O) groups excluding carboxylic acids is 1. The van der Waals surface area contributed by atoms with Crippen molar-refractivity contribution in [1.82, 2.24) is 15.2 Å². The summed E-state index contributed by atoms with van der Waals surface area (Å²) in [4.78, 5) is 17.9. The van der Waals surface area contributed by atoms with Crippen LogP contribution in [-0.2, 0) is 0 Å². The molecular weight excluding hydrogens is 240 g/mol. The number of hydrogen-bond acceptors (Lipinski definition) is 4. The number of nitrogens with zero attached hydrogens (tertiary/aromatic N) is 2. The van der Waals surface area contributed by atoms with E-state index in [1.807, 2.05) is 6.07 Å². The highest BCUT2D eigenvalue weighted by molar-refractivity contribution is 5.92. The number of carbonyl (C=O) groups is 1. The van der Waals surface area contributed by atoms with Crippen LogP contribution < -0.4 is 10.6 Å². The van der Waals surface area contributed by atoms with Gasteiger partial charge in [-0.25, -0.2) is 4.98 Å². The second-order valence-corrected chi connectivity index (χ2v) is 4.51. The van der Waals surface area contributed by atoms with Crippen LogP contribution in [0.2, 0.25) is 0 Å². The van der Waals surface area contributed by atoms with Crippen molar-refractivity contribution in [1.29, 1.82) is 0 Å². The van der Waals surface area contributed by atoms with Crippen molar-refractivity contribution in [2.75, 3.05) is 39.0 Å². The molecule has 0 aliphatic rings. The van der Waals surface area contributed by atoms with Crippen molar-refractivity contribution in [2.24, 2.45) is 0 Å². The number of amides is 1. The fourth-order valence-corrected chi connectivity index (χ4v) is 1.52. The third-order valence-electron chi connectivity index (χ3n) is 2.51. The monoisotopic (exact) mass is 262 g/mol. The first-order valence-electron chi connectivity index (χ1n) is 6.37. The van der Waals surface area contributed by atoms with E-state index in [1.54, 1.807) is 18.3 Å². The van der Waals surface area contributed by atoms with Crippen LogP contribution in [0.1, 0.15) is 16.9 Å². The Bertz CT molecular complexity index is 400. The van der Waals surface area contributed by atoms with E-state index in [0.717, 1.165) is 25.2 Å². The topological polar surface area (TPSA) is 57.3 Å². The third-order valence-corrected chi connectivity index (χ3v) is 2.51. The molecular formula is C14H22N4O. The van der Waals surface area contributed by atoms with Crippen LogP contribution in [0.15, 0.2) is 31.0 Å². The Morgan fingerprint density at radius 2 is 2.26 bits per heavy atom. The standard InChI is InChI=1S/C14H22N4O/c1-4-8-16-14(19)13-7-6-12(11-17-13)15-9-5-10-18(2)3/h4,6-7,11,15H,1,5,8-10H2,2-3H3,(H,16,19). The molecule has 1 amide bonds. The van der Waals surface area contributed by atoms with Gasteiger partial charge in [-0.1, -0.05) is 6.08 Å². The Labute approximate surface area is 114 Å². The second kappa shape index (κ2) is 8.26. The maximum atomic E-state index is 11.6. The van der Waals surface area contributed by atoms with Gasteiger partial charge < -0.3 is 15.5 Å².